The number of alkyl carbamates (subject to hydrolysis) is 1. The molecule has 26 heavy (non-hydrogen) atoms. The lowest BCUT2D eigenvalue weighted by Gasteiger charge is -2.36. The summed E-state index contributed by atoms with van der Waals surface area (Å²) in [6, 6.07) is 1.30. The molecule has 0 spiro atoms. The monoisotopic (exact) mass is 369 g/mol. The van der Waals surface area contributed by atoms with Crippen molar-refractivity contribution in [3.05, 3.63) is 29.3 Å². The topological polar surface area (TPSA) is 53.9 Å². The van der Waals surface area contributed by atoms with Crippen LogP contribution in [0.2, 0.25) is 0 Å². The molecule has 0 saturated carbocycles. The lowest BCUT2D eigenvalue weighted by atomic mass is 10.0. The summed E-state index contributed by atoms with van der Waals surface area (Å²) in [5, 5.41) is 2.55. The van der Waals surface area contributed by atoms with Gasteiger partial charge in [-0.2, -0.15) is 0 Å². The fraction of sp³-hybridized carbons (Fsp3) is 0.556. The quantitative estimate of drug-likeness (QED) is 0.825. The van der Waals surface area contributed by atoms with Gasteiger partial charge in [0, 0.05) is 25.6 Å². The highest BCUT2D eigenvalue weighted by Gasteiger charge is 2.34. The zero-order valence-corrected chi connectivity index (χ0v) is 15.0. The predicted octanol–water partition coefficient (Wildman–Crippen LogP) is 3.49. The largest absolute Gasteiger partial charge is 0.444 e. The van der Waals surface area contributed by atoms with Gasteiger partial charge in [0.2, 0.25) is 0 Å². The van der Waals surface area contributed by atoms with E-state index in [9.17, 15) is 18.0 Å². The Morgan fingerprint density at radius 3 is 2.77 bits per heavy atom. The van der Waals surface area contributed by atoms with Crippen LogP contribution >= 0.6 is 0 Å². The Labute approximate surface area is 150 Å². The highest BCUT2D eigenvalue weighted by molar-refractivity contribution is 5.92. The average Bonchev–Trinajstić information content (AvgIpc) is 2.91. The number of amidine groups is 1. The van der Waals surface area contributed by atoms with Crippen LogP contribution in [-0.2, 0) is 11.2 Å². The van der Waals surface area contributed by atoms with Gasteiger partial charge in [-0.05, 0) is 38.8 Å². The summed E-state index contributed by atoms with van der Waals surface area (Å²) in [7, 11) is 0. The molecule has 1 amide bonds. The second-order valence-corrected chi connectivity index (χ2v) is 7.60. The van der Waals surface area contributed by atoms with E-state index in [1.165, 1.54) is 6.07 Å². The highest BCUT2D eigenvalue weighted by atomic mass is 19.1. The number of nitrogens with zero attached hydrogens (tertiary/aromatic N) is 2. The number of carbonyl (C=O) groups is 1. The van der Waals surface area contributed by atoms with Crippen LogP contribution in [0.25, 0.3) is 0 Å². The number of carbonyl (C=O) groups excluding carboxylic acids is 1. The van der Waals surface area contributed by atoms with Gasteiger partial charge >= 0.3 is 6.09 Å². The van der Waals surface area contributed by atoms with E-state index >= 15 is 0 Å². The number of hydrogen-bond donors (Lipinski definition) is 1. The van der Waals surface area contributed by atoms with Crippen LogP contribution in [-0.4, -0.2) is 47.7 Å². The highest BCUT2D eigenvalue weighted by Crippen LogP contribution is 2.32. The molecule has 2 heterocycles. The first kappa shape index (κ1) is 18.5. The van der Waals surface area contributed by atoms with Crippen molar-refractivity contribution in [1.82, 2.24) is 10.2 Å². The molecule has 0 aliphatic carbocycles. The van der Waals surface area contributed by atoms with E-state index in [0.29, 0.717) is 17.9 Å². The van der Waals surface area contributed by atoms with E-state index in [1.54, 1.807) is 25.7 Å². The first-order valence-corrected chi connectivity index (χ1v) is 8.56. The molecule has 142 valence electrons. The minimum Gasteiger partial charge on any atom is -0.444 e. The Hall–Kier alpha value is -2.25. The molecule has 0 radical (unpaired) electrons. The molecule has 1 aromatic carbocycles. The van der Waals surface area contributed by atoms with E-state index < -0.39 is 35.5 Å². The summed E-state index contributed by atoms with van der Waals surface area (Å²) < 4.78 is 46.6. The number of nitrogens with one attached hydrogen (secondary N) is 1. The Balaban J connectivity index is 1.68. The summed E-state index contributed by atoms with van der Waals surface area (Å²) in [5.41, 5.74) is -0.0832. The van der Waals surface area contributed by atoms with Gasteiger partial charge in [-0.15, -0.1) is 0 Å². The molecule has 0 bridgehead atoms. The molecule has 8 heteroatoms. The first-order valence-electron chi connectivity index (χ1n) is 8.56. The first-order chi connectivity index (χ1) is 12.1. The van der Waals surface area contributed by atoms with Crippen LogP contribution in [0.5, 0.6) is 0 Å². The van der Waals surface area contributed by atoms with E-state index in [0.717, 1.165) is 6.07 Å². The van der Waals surface area contributed by atoms with Crippen molar-refractivity contribution in [2.75, 3.05) is 13.1 Å². The Bertz CT molecular complexity index is 746. The molecule has 0 aromatic heterocycles. The van der Waals surface area contributed by atoms with Gasteiger partial charge in [0.15, 0.2) is 5.82 Å². The van der Waals surface area contributed by atoms with Crippen molar-refractivity contribution < 1.29 is 22.7 Å². The van der Waals surface area contributed by atoms with Crippen LogP contribution in [0.15, 0.2) is 17.1 Å². The number of piperidine rings is 1. The molecule has 1 fully saturated rings. The third-order valence-corrected chi connectivity index (χ3v) is 4.29. The van der Waals surface area contributed by atoms with Crippen molar-refractivity contribution in [3.8, 4) is 0 Å². The summed E-state index contributed by atoms with van der Waals surface area (Å²) in [4.78, 5) is 18.0. The van der Waals surface area contributed by atoms with Gasteiger partial charge in [0.25, 0.3) is 0 Å². The maximum absolute atomic E-state index is 14.2. The minimum absolute atomic E-state index is 0.125. The van der Waals surface area contributed by atoms with Gasteiger partial charge < -0.3 is 15.0 Å². The number of rotatable bonds is 1. The molecular formula is C18H22F3N3O2. The number of hydrogen-bond acceptors (Lipinski definition) is 4. The number of benzene rings is 1. The maximum atomic E-state index is 14.2. The number of fused-ring (bicyclic) bond motifs is 1. The number of ether oxygens (including phenoxy) is 1. The van der Waals surface area contributed by atoms with Gasteiger partial charge in [0.05, 0.1) is 6.04 Å². The van der Waals surface area contributed by atoms with E-state index in [1.807, 2.05) is 0 Å². The van der Waals surface area contributed by atoms with Crippen molar-refractivity contribution in [2.45, 2.75) is 51.4 Å². The number of halogens is 3. The third-order valence-electron chi connectivity index (χ3n) is 4.29. The molecule has 2 aliphatic rings. The van der Waals surface area contributed by atoms with E-state index in [2.05, 4.69) is 10.3 Å². The molecular weight excluding hydrogens is 347 g/mol. The molecule has 2 aliphatic heterocycles. The van der Waals surface area contributed by atoms with Crippen LogP contribution in [0.4, 0.5) is 23.7 Å². The fourth-order valence-corrected chi connectivity index (χ4v) is 3.15. The van der Waals surface area contributed by atoms with Crippen molar-refractivity contribution in [3.63, 3.8) is 0 Å². The Morgan fingerprint density at radius 2 is 2.08 bits per heavy atom. The van der Waals surface area contributed by atoms with Gasteiger partial charge in [-0.3, -0.25) is 0 Å². The summed E-state index contributed by atoms with van der Waals surface area (Å²) in [5.74, 6) is -0.809. The van der Waals surface area contributed by atoms with Gasteiger partial charge in [0.1, 0.15) is 29.1 Å². The molecule has 1 saturated heterocycles. The Morgan fingerprint density at radius 1 is 1.35 bits per heavy atom. The maximum Gasteiger partial charge on any atom is 0.408 e. The van der Waals surface area contributed by atoms with E-state index in [4.69, 9.17) is 4.74 Å². The summed E-state index contributed by atoms with van der Waals surface area (Å²) >= 11 is 0. The van der Waals surface area contributed by atoms with Crippen LogP contribution in [0.3, 0.4) is 0 Å². The molecule has 3 rings (SSSR count). The molecule has 1 N–H and O–H groups in total. The van der Waals surface area contributed by atoms with Gasteiger partial charge in [-0.25, -0.2) is 23.0 Å². The molecule has 5 nitrogen and oxygen atoms in total. The third kappa shape index (κ3) is 4.11. The van der Waals surface area contributed by atoms with Crippen LogP contribution in [0.1, 0.15) is 32.8 Å². The van der Waals surface area contributed by atoms with Crippen molar-refractivity contribution in [1.29, 1.82) is 0 Å². The van der Waals surface area contributed by atoms with Crippen LogP contribution in [0, 0.1) is 11.6 Å². The lowest BCUT2D eigenvalue weighted by Crippen LogP contribution is -2.55. The average molecular weight is 369 g/mol. The summed E-state index contributed by atoms with van der Waals surface area (Å²) in [6.45, 7) is 5.77. The molecule has 2 atom stereocenters. The zero-order chi connectivity index (χ0) is 19.1. The fourth-order valence-electron chi connectivity index (χ4n) is 3.15. The Kier molecular flexibility index (Phi) is 4.86. The van der Waals surface area contributed by atoms with Gasteiger partial charge in [-0.1, -0.05) is 0 Å². The minimum atomic E-state index is -1.21. The van der Waals surface area contributed by atoms with Crippen LogP contribution < -0.4 is 5.32 Å². The zero-order valence-electron chi connectivity index (χ0n) is 15.0. The van der Waals surface area contributed by atoms with E-state index in [-0.39, 0.29) is 25.1 Å². The van der Waals surface area contributed by atoms with Crippen molar-refractivity contribution >= 4 is 17.6 Å². The lowest BCUT2D eigenvalue weighted by molar-refractivity contribution is 0.0431. The van der Waals surface area contributed by atoms with Crippen molar-refractivity contribution in [2.24, 2.45) is 4.99 Å². The molecule has 0 unspecified atom stereocenters. The number of amides is 1. The SMILES string of the molecule is CC(C)(C)OC(=O)N[C@@H]1CN(C2=Nc3c(F)cc(F)cc3C2)CC[C@H]1F. The number of alkyl halides is 1. The smallest absolute Gasteiger partial charge is 0.408 e. The second-order valence-electron chi connectivity index (χ2n) is 7.60. The summed E-state index contributed by atoms with van der Waals surface area (Å²) in [6.07, 6.45) is -1.42. The standard InChI is InChI=1S/C18H22F3N3O2/c1-18(2,3)26-17(25)22-14-9-24(5-4-12(14)20)15-7-10-6-11(19)8-13(21)16(10)23-15/h6,8,12,14H,4-5,7,9H2,1-3H3,(H,22,25)/t12-,14-/m1/s1. The predicted molar refractivity (Wildman–Crippen MR) is 91.4 cm³/mol. The molecule has 1 aromatic rings. The number of likely N-dealkylation sites (tertiary alicyclic amines) is 1. The second kappa shape index (κ2) is 6.81. The number of aliphatic imine (C=N–C) groups is 1. The normalized spacial score (nSPS) is 22.7.